The number of nitro groups is 1. The van der Waals surface area contributed by atoms with Crippen LogP contribution in [-0.2, 0) is 9.59 Å². The van der Waals surface area contributed by atoms with Crippen LogP contribution in [0.1, 0.15) is 0 Å². The number of nitrogens with one attached hydrogen (secondary N) is 2. The number of piperazine rings is 1. The molecule has 116 valence electrons. The highest BCUT2D eigenvalue weighted by Gasteiger charge is 2.42. The molecule has 10 heteroatoms. The van der Waals surface area contributed by atoms with Crippen LogP contribution in [0.25, 0.3) is 0 Å². The third-order valence-electron chi connectivity index (χ3n) is 3.72. The molecule has 0 bridgehead atoms. The highest BCUT2D eigenvalue weighted by molar-refractivity contribution is 6.44. The fourth-order valence-electron chi connectivity index (χ4n) is 2.72. The molecule has 2 heterocycles. The van der Waals surface area contributed by atoms with E-state index in [1.54, 1.807) is 4.90 Å². The van der Waals surface area contributed by atoms with Gasteiger partial charge in [-0.15, -0.1) is 0 Å². The molecule has 0 aromatic heterocycles. The molecule has 0 saturated carbocycles. The third kappa shape index (κ3) is 2.34. The Hall–Kier alpha value is -2.06. The average molecular weight is 345 g/mol. The SMILES string of the molecule is O=C1N[C@H]2CN(c3c([N+](=O)[O-])ccc(Cl)c3Cl)C[C@H]2NC1=O. The number of anilines is 1. The van der Waals surface area contributed by atoms with Crippen molar-refractivity contribution in [1.82, 2.24) is 10.6 Å². The van der Waals surface area contributed by atoms with Crippen molar-refractivity contribution < 1.29 is 14.5 Å². The second-order valence-electron chi connectivity index (χ2n) is 5.05. The zero-order chi connectivity index (χ0) is 16.0. The predicted octanol–water partition coefficient (Wildman–Crippen LogP) is 0.705. The van der Waals surface area contributed by atoms with Crippen molar-refractivity contribution in [1.29, 1.82) is 0 Å². The number of carbonyl (C=O) groups is 2. The maximum absolute atomic E-state index is 11.4. The van der Waals surface area contributed by atoms with E-state index in [4.69, 9.17) is 23.2 Å². The number of hydrogen-bond donors (Lipinski definition) is 2. The van der Waals surface area contributed by atoms with Gasteiger partial charge < -0.3 is 15.5 Å². The molecule has 1 aromatic rings. The van der Waals surface area contributed by atoms with Gasteiger partial charge in [-0.3, -0.25) is 19.7 Å². The Morgan fingerprint density at radius 2 is 1.68 bits per heavy atom. The van der Waals surface area contributed by atoms with Gasteiger partial charge in [0.05, 0.1) is 27.1 Å². The van der Waals surface area contributed by atoms with Crippen LogP contribution in [0.15, 0.2) is 12.1 Å². The molecule has 1 aromatic carbocycles. The smallest absolute Gasteiger partial charge is 0.309 e. The van der Waals surface area contributed by atoms with E-state index in [1.807, 2.05) is 0 Å². The predicted molar refractivity (Wildman–Crippen MR) is 79.2 cm³/mol. The molecular formula is C12H10Cl2N4O4. The van der Waals surface area contributed by atoms with Crippen LogP contribution in [-0.4, -0.2) is 41.9 Å². The highest BCUT2D eigenvalue weighted by Crippen LogP contribution is 2.41. The van der Waals surface area contributed by atoms with E-state index in [1.165, 1.54) is 12.1 Å². The second-order valence-corrected chi connectivity index (χ2v) is 5.84. The topological polar surface area (TPSA) is 105 Å². The minimum absolute atomic E-state index is 0.0761. The molecule has 2 aliphatic heterocycles. The van der Waals surface area contributed by atoms with E-state index in [0.29, 0.717) is 0 Å². The number of fused-ring (bicyclic) bond motifs is 1. The van der Waals surface area contributed by atoms with Gasteiger partial charge in [-0.2, -0.15) is 0 Å². The van der Waals surface area contributed by atoms with Crippen LogP contribution in [0.4, 0.5) is 11.4 Å². The monoisotopic (exact) mass is 344 g/mol. The van der Waals surface area contributed by atoms with Crippen LogP contribution in [0.3, 0.4) is 0 Å². The maximum Gasteiger partial charge on any atom is 0.309 e. The van der Waals surface area contributed by atoms with Gasteiger partial charge in [0.25, 0.3) is 5.69 Å². The summed E-state index contributed by atoms with van der Waals surface area (Å²) in [5, 5.41) is 16.6. The molecule has 2 atom stereocenters. The molecule has 0 spiro atoms. The van der Waals surface area contributed by atoms with Crippen molar-refractivity contribution in [2.45, 2.75) is 12.1 Å². The van der Waals surface area contributed by atoms with E-state index in [0.717, 1.165) is 0 Å². The maximum atomic E-state index is 11.4. The molecule has 2 aliphatic rings. The van der Waals surface area contributed by atoms with Crippen molar-refractivity contribution in [3.8, 4) is 0 Å². The molecule has 0 unspecified atom stereocenters. The highest BCUT2D eigenvalue weighted by atomic mass is 35.5. The lowest BCUT2D eigenvalue weighted by Gasteiger charge is -2.25. The molecule has 2 fully saturated rings. The second kappa shape index (κ2) is 5.29. The van der Waals surface area contributed by atoms with Gasteiger partial charge in [0.2, 0.25) is 0 Å². The summed E-state index contributed by atoms with van der Waals surface area (Å²) in [6.07, 6.45) is 0. The van der Waals surface area contributed by atoms with Gasteiger partial charge in [-0.1, -0.05) is 23.2 Å². The van der Waals surface area contributed by atoms with E-state index < -0.39 is 16.7 Å². The van der Waals surface area contributed by atoms with Crippen molar-refractivity contribution in [3.05, 3.63) is 32.3 Å². The molecule has 3 rings (SSSR count). The molecule has 2 N–H and O–H groups in total. The van der Waals surface area contributed by atoms with Crippen LogP contribution in [0.5, 0.6) is 0 Å². The quantitative estimate of drug-likeness (QED) is 0.467. The molecule has 2 amide bonds. The van der Waals surface area contributed by atoms with Crippen LogP contribution in [0, 0.1) is 10.1 Å². The standard InChI is InChI=1S/C12H10Cl2N4O4/c13-5-1-2-8(18(21)22)10(9(5)14)17-3-6-7(4-17)16-12(20)11(19)15-6/h1-2,6-7H,3-4H2,(H,15,19)(H,16,20)/t6-,7+. The molecule has 22 heavy (non-hydrogen) atoms. The van der Waals surface area contributed by atoms with Gasteiger partial charge in [0.15, 0.2) is 0 Å². The summed E-state index contributed by atoms with van der Waals surface area (Å²) < 4.78 is 0. The first-order chi connectivity index (χ1) is 10.4. The number of amides is 2. The van der Waals surface area contributed by atoms with Crippen molar-refractivity contribution in [2.75, 3.05) is 18.0 Å². The Balaban J connectivity index is 1.96. The number of nitrogens with zero attached hydrogens (tertiary/aromatic N) is 2. The summed E-state index contributed by atoms with van der Waals surface area (Å²) >= 11 is 12.1. The first-order valence-electron chi connectivity index (χ1n) is 6.37. The van der Waals surface area contributed by atoms with Crippen molar-refractivity contribution >= 4 is 46.4 Å². The number of halogens is 2. The molecule has 8 nitrogen and oxygen atoms in total. The zero-order valence-corrected chi connectivity index (χ0v) is 12.5. The normalized spacial score (nSPS) is 23.8. The number of benzene rings is 1. The van der Waals surface area contributed by atoms with Gasteiger partial charge in [-0.05, 0) is 6.07 Å². The minimum atomic E-state index is -0.713. The van der Waals surface area contributed by atoms with Gasteiger partial charge in [-0.25, -0.2) is 0 Å². The van der Waals surface area contributed by atoms with E-state index in [9.17, 15) is 19.7 Å². The zero-order valence-electron chi connectivity index (χ0n) is 11.0. The Morgan fingerprint density at radius 3 is 2.18 bits per heavy atom. The largest absolute Gasteiger partial charge is 0.360 e. The van der Waals surface area contributed by atoms with Gasteiger partial charge in [0, 0.05) is 19.2 Å². The van der Waals surface area contributed by atoms with Crippen LogP contribution in [0.2, 0.25) is 10.0 Å². The first kappa shape index (κ1) is 14.9. The lowest BCUT2D eigenvalue weighted by molar-refractivity contribution is -0.384. The van der Waals surface area contributed by atoms with E-state index in [2.05, 4.69) is 10.6 Å². The fourth-order valence-corrected chi connectivity index (χ4v) is 3.16. The van der Waals surface area contributed by atoms with Crippen LogP contribution < -0.4 is 15.5 Å². The summed E-state index contributed by atoms with van der Waals surface area (Å²) in [7, 11) is 0. The average Bonchev–Trinajstić information content (AvgIpc) is 2.84. The molecule has 0 radical (unpaired) electrons. The Bertz CT molecular complexity index is 672. The summed E-state index contributed by atoms with van der Waals surface area (Å²) in [5.41, 5.74) is 0.0164. The lowest BCUT2D eigenvalue weighted by atomic mass is 10.1. The summed E-state index contributed by atoms with van der Waals surface area (Å²) in [6, 6.07) is 1.97. The summed E-state index contributed by atoms with van der Waals surface area (Å²) in [4.78, 5) is 35.1. The molecule has 0 aliphatic carbocycles. The number of carbonyl (C=O) groups excluding carboxylic acids is 2. The number of nitro benzene ring substituents is 1. The Kier molecular flexibility index (Phi) is 3.57. The third-order valence-corrected chi connectivity index (χ3v) is 4.51. The Labute approximate surface area is 134 Å². The fraction of sp³-hybridized carbons (Fsp3) is 0.333. The van der Waals surface area contributed by atoms with Crippen molar-refractivity contribution in [3.63, 3.8) is 0 Å². The van der Waals surface area contributed by atoms with Crippen LogP contribution >= 0.6 is 23.2 Å². The van der Waals surface area contributed by atoms with Gasteiger partial charge in [0.1, 0.15) is 5.69 Å². The van der Waals surface area contributed by atoms with E-state index >= 15 is 0 Å². The Morgan fingerprint density at radius 1 is 1.14 bits per heavy atom. The summed E-state index contributed by atoms with van der Waals surface area (Å²) in [5.74, 6) is -1.43. The molecular weight excluding hydrogens is 335 g/mol. The summed E-state index contributed by atoms with van der Waals surface area (Å²) in [6.45, 7) is 0.579. The van der Waals surface area contributed by atoms with E-state index in [-0.39, 0.29) is 46.6 Å². The molecule has 2 saturated heterocycles. The number of hydrogen-bond acceptors (Lipinski definition) is 5. The van der Waals surface area contributed by atoms with Crippen molar-refractivity contribution in [2.24, 2.45) is 0 Å². The first-order valence-corrected chi connectivity index (χ1v) is 7.12. The number of rotatable bonds is 2. The van der Waals surface area contributed by atoms with Gasteiger partial charge >= 0.3 is 11.8 Å². The lowest BCUT2D eigenvalue weighted by Crippen LogP contribution is -2.61. The minimum Gasteiger partial charge on any atom is -0.360 e.